The zero-order valence-corrected chi connectivity index (χ0v) is 9.95. The van der Waals surface area contributed by atoms with Crippen LogP contribution in [0, 0.1) is 5.92 Å². The third-order valence-corrected chi connectivity index (χ3v) is 2.49. The molecule has 0 aromatic rings. The maximum absolute atomic E-state index is 10.6. The molecule has 2 N–H and O–H groups in total. The highest BCUT2D eigenvalue weighted by molar-refractivity contribution is 5.70. The summed E-state index contributed by atoms with van der Waals surface area (Å²) in [7, 11) is 0. The summed E-state index contributed by atoms with van der Waals surface area (Å²) in [6, 6.07) is -0.0164. The number of rotatable bonds is 9. The number of carboxylic acid groups (broad SMARTS) is 1. The molecule has 0 spiro atoms. The molecule has 2 atom stereocenters. The Hall–Kier alpha value is -0.610. The van der Waals surface area contributed by atoms with Crippen molar-refractivity contribution in [3.8, 4) is 0 Å². The SMILES string of the molecule is CCCCOCCNC(C)C(C)C(=O)O. The second-order valence-corrected chi connectivity index (χ2v) is 3.84. The van der Waals surface area contributed by atoms with Crippen molar-refractivity contribution in [3.63, 3.8) is 0 Å². The smallest absolute Gasteiger partial charge is 0.307 e. The standard InChI is InChI=1S/C11H23NO3/c1-4-5-7-15-8-6-12-10(3)9(2)11(13)14/h9-10,12H,4-8H2,1-3H3,(H,13,14). The molecule has 0 fully saturated rings. The minimum Gasteiger partial charge on any atom is -0.481 e. The lowest BCUT2D eigenvalue weighted by atomic mass is 10.0. The zero-order chi connectivity index (χ0) is 11.7. The normalized spacial score (nSPS) is 14.9. The first-order valence-corrected chi connectivity index (χ1v) is 5.63. The molecule has 0 heterocycles. The van der Waals surface area contributed by atoms with Gasteiger partial charge in [-0.15, -0.1) is 0 Å². The Morgan fingerprint density at radius 2 is 2.07 bits per heavy atom. The summed E-state index contributed by atoms with van der Waals surface area (Å²) in [5.41, 5.74) is 0. The minimum absolute atomic E-state index is 0.0164. The predicted octanol–water partition coefficient (Wildman–Crippen LogP) is 1.50. The maximum atomic E-state index is 10.6. The summed E-state index contributed by atoms with van der Waals surface area (Å²) >= 11 is 0. The first-order chi connectivity index (χ1) is 7.09. The Labute approximate surface area is 92.0 Å². The van der Waals surface area contributed by atoms with Crippen LogP contribution in [0.2, 0.25) is 0 Å². The molecule has 0 aliphatic heterocycles. The van der Waals surface area contributed by atoms with Gasteiger partial charge in [0.2, 0.25) is 0 Å². The molecule has 0 aromatic carbocycles. The van der Waals surface area contributed by atoms with Gasteiger partial charge >= 0.3 is 5.97 Å². The van der Waals surface area contributed by atoms with E-state index >= 15 is 0 Å². The van der Waals surface area contributed by atoms with Crippen LogP contribution in [0.4, 0.5) is 0 Å². The summed E-state index contributed by atoms with van der Waals surface area (Å²) < 4.78 is 5.35. The lowest BCUT2D eigenvalue weighted by Crippen LogP contribution is -2.37. The summed E-state index contributed by atoms with van der Waals surface area (Å²) in [6.07, 6.45) is 2.22. The van der Waals surface area contributed by atoms with E-state index in [0.29, 0.717) is 13.2 Å². The van der Waals surface area contributed by atoms with Crippen LogP contribution in [0.15, 0.2) is 0 Å². The number of carbonyl (C=O) groups is 1. The number of hydrogen-bond acceptors (Lipinski definition) is 3. The van der Waals surface area contributed by atoms with Crippen LogP contribution in [0.25, 0.3) is 0 Å². The first kappa shape index (κ1) is 14.4. The van der Waals surface area contributed by atoms with Crippen molar-refractivity contribution in [3.05, 3.63) is 0 Å². The molecule has 4 heteroatoms. The molecular weight excluding hydrogens is 194 g/mol. The number of ether oxygens (including phenoxy) is 1. The second kappa shape index (κ2) is 8.68. The third kappa shape index (κ3) is 7.33. The van der Waals surface area contributed by atoms with Gasteiger partial charge in [0.25, 0.3) is 0 Å². The number of carboxylic acids is 1. The van der Waals surface area contributed by atoms with Crippen LogP contribution >= 0.6 is 0 Å². The Morgan fingerprint density at radius 3 is 2.60 bits per heavy atom. The molecule has 15 heavy (non-hydrogen) atoms. The van der Waals surface area contributed by atoms with Crippen LogP contribution in [0.1, 0.15) is 33.6 Å². The van der Waals surface area contributed by atoms with Gasteiger partial charge < -0.3 is 15.2 Å². The number of aliphatic carboxylic acids is 1. The van der Waals surface area contributed by atoms with Crippen LogP contribution in [-0.2, 0) is 9.53 Å². The minimum atomic E-state index is -0.762. The van der Waals surface area contributed by atoms with Crippen LogP contribution in [0.3, 0.4) is 0 Å². The van der Waals surface area contributed by atoms with E-state index in [2.05, 4.69) is 12.2 Å². The summed E-state index contributed by atoms with van der Waals surface area (Å²) in [5.74, 6) is -1.12. The van der Waals surface area contributed by atoms with Crippen LogP contribution in [-0.4, -0.2) is 36.9 Å². The van der Waals surface area contributed by atoms with Crippen LogP contribution in [0.5, 0.6) is 0 Å². The van der Waals surface area contributed by atoms with Crippen molar-refractivity contribution >= 4 is 5.97 Å². The lowest BCUT2D eigenvalue weighted by Gasteiger charge is -2.17. The van der Waals surface area contributed by atoms with Gasteiger partial charge in [-0.3, -0.25) is 4.79 Å². The Morgan fingerprint density at radius 1 is 1.40 bits per heavy atom. The van der Waals surface area contributed by atoms with Gasteiger partial charge in [0, 0.05) is 19.2 Å². The molecule has 0 rings (SSSR count). The van der Waals surface area contributed by atoms with Gasteiger partial charge in [-0.05, 0) is 13.3 Å². The fraction of sp³-hybridized carbons (Fsp3) is 0.909. The number of unbranched alkanes of at least 4 members (excludes halogenated alkanes) is 1. The molecule has 0 aromatic heterocycles. The van der Waals surface area contributed by atoms with E-state index in [0.717, 1.165) is 19.4 Å². The van der Waals surface area contributed by atoms with E-state index in [1.54, 1.807) is 6.92 Å². The van der Waals surface area contributed by atoms with Gasteiger partial charge in [0.05, 0.1) is 12.5 Å². The molecular formula is C11H23NO3. The fourth-order valence-electron chi connectivity index (χ4n) is 1.10. The van der Waals surface area contributed by atoms with E-state index in [-0.39, 0.29) is 12.0 Å². The lowest BCUT2D eigenvalue weighted by molar-refractivity contribution is -0.141. The topological polar surface area (TPSA) is 58.6 Å². The molecule has 4 nitrogen and oxygen atoms in total. The Bertz CT molecular complexity index is 173. The predicted molar refractivity (Wildman–Crippen MR) is 60.0 cm³/mol. The van der Waals surface area contributed by atoms with E-state index in [1.165, 1.54) is 0 Å². The molecule has 0 aliphatic rings. The van der Waals surface area contributed by atoms with Gasteiger partial charge in [0.15, 0.2) is 0 Å². The van der Waals surface area contributed by atoms with Crippen molar-refractivity contribution < 1.29 is 14.6 Å². The average molecular weight is 217 g/mol. The summed E-state index contributed by atoms with van der Waals surface area (Å²) in [4.78, 5) is 10.6. The molecule has 0 amide bonds. The van der Waals surface area contributed by atoms with E-state index in [4.69, 9.17) is 9.84 Å². The Balaban J connectivity index is 3.38. The number of nitrogens with one attached hydrogen (secondary N) is 1. The van der Waals surface area contributed by atoms with Crippen molar-refractivity contribution in [2.75, 3.05) is 19.8 Å². The molecule has 0 saturated heterocycles. The third-order valence-electron chi connectivity index (χ3n) is 2.49. The van der Waals surface area contributed by atoms with Gasteiger partial charge in [0.1, 0.15) is 0 Å². The molecule has 0 aliphatic carbocycles. The molecule has 0 saturated carbocycles. The number of hydrogen-bond donors (Lipinski definition) is 2. The van der Waals surface area contributed by atoms with Crippen molar-refractivity contribution in [1.82, 2.24) is 5.32 Å². The summed E-state index contributed by atoms with van der Waals surface area (Å²) in [5, 5.41) is 11.9. The second-order valence-electron chi connectivity index (χ2n) is 3.84. The first-order valence-electron chi connectivity index (χ1n) is 5.63. The maximum Gasteiger partial charge on any atom is 0.307 e. The van der Waals surface area contributed by atoms with Crippen molar-refractivity contribution in [2.45, 2.75) is 39.7 Å². The summed E-state index contributed by atoms with van der Waals surface area (Å²) in [6.45, 7) is 7.86. The highest BCUT2D eigenvalue weighted by Gasteiger charge is 2.17. The van der Waals surface area contributed by atoms with E-state index in [1.807, 2.05) is 6.92 Å². The largest absolute Gasteiger partial charge is 0.481 e. The van der Waals surface area contributed by atoms with Gasteiger partial charge in [-0.25, -0.2) is 0 Å². The van der Waals surface area contributed by atoms with Gasteiger partial charge in [-0.1, -0.05) is 20.3 Å². The highest BCUT2D eigenvalue weighted by atomic mass is 16.5. The molecule has 0 radical (unpaired) electrons. The van der Waals surface area contributed by atoms with Crippen LogP contribution < -0.4 is 5.32 Å². The van der Waals surface area contributed by atoms with E-state index < -0.39 is 5.97 Å². The molecule has 2 unspecified atom stereocenters. The average Bonchev–Trinajstić information content (AvgIpc) is 2.21. The molecule has 90 valence electrons. The Kier molecular flexibility index (Phi) is 8.33. The quantitative estimate of drug-likeness (QED) is 0.575. The molecule has 0 bridgehead atoms. The van der Waals surface area contributed by atoms with E-state index in [9.17, 15) is 4.79 Å². The van der Waals surface area contributed by atoms with Gasteiger partial charge in [-0.2, -0.15) is 0 Å². The van der Waals surface area contributed by atoms with Crippen molar-refractivity contribution in [2.24, 2.45) is 5.92 Å². The van der Waals surface area contributed by atoms with Crippen molar-refractivity contribution in [1.29, 1.82) is 0 Å². The highest BCUT2D eigenvalue weighted by Crippen LogP contribution is 2.01. The fourth-order valence-corrected chi connectivity index (χ4v) is 1.10. The zero-order valence-electron chi connectivity index (χ0n) is 9.95. The monoisotopic (exact) mass is 217 g/mol.